The highest BCUT2D eigenvalue weighted by Gasteiger charge is 2.21. The van der Waals surface area contributed by atoms with Crippen LogP contribution < -0.4 is 10.1 Å². The van der Waals surface area contributed by atoms with Gasteiger partial charge in [-0.3, -0.25) is 4.79 Å². The normalized spacial score (nSPS) is 18.8. The maximum absolute atomic E-state index is 11.0. The number of benzene rings is 1. The molecule has 86 valence electrons. The molecule has 0 saturated carbocycles. The minimum absolute atomic E-state index is 0.0448. The third-order valence-corrected chi connectivity index (χ3v) is 3.07. The average molecular weight is 219 g/mol. The highest BCUT2D eigenvalue weighted by Crippen LogP contribution is 2.29. The van der Waals surface area contributed by atoms with Gasteiger partial charge in [-0.15, -0.1) is 0 Å². The summed E-state index contributed by atoms with van der Waals surface area (Å²) in [6, 6.07) is 6.40. The molecule has 1 aliphatic carbocycles. The number of fused-ring (bicyclic) bond motifs is 1. The molecule has 1 aromatic rings. The molecule has 1 amide bonds. The lowest BCUT2D eigenvalue weighted by Gasteiger charge is -2.26. The number of rotatable bonds is 2. The van der Waals surface area contributed by atoms with E-state index in [-0.39, 0.29) is 11.9 Å². The van der Waals surface area contributed by atoms with Crippen molar-refractivity contribution in [1.29, 1.82) is 0 Å². The van der Waals surface area contributed by atoms with E-state index in [1.54, 1.807) is 14.0 Å². The summed E-state index contributed by atoms with van der Waals surface area (Å²) in [4.78, 5) is 11.0. The second kappa shape index (κ2) is 4.56. The molecular weight excluding hydrogens is 202 g/mol. The first kappa shape index (κ1) is 11.0. The number of carbonyl (C=O) groups is 1. The Bertz CT molecular complexity index is 387. The Labute approximate surface area is 95.8 Å². The van der Waals surface area contributed by atoms with Gasteiger partial charge in [-0.25, -0.2) is 0 Å². The summed E-state index contributed by atoms with van der Waals surface area (Å²) in [5.41, 5.74) is 2.59. The Morgan fingerprint density at radius 3 is 3.00 bits per heavy atom. The van der Waals surface area contributed by atoms with Gasteiger partial charge in [0.25, 0.3) is 0 Å². The van der Waals surface area contributed by atoms with Gasteiger partial charge in [0.05, 0.1) is 7.11 Å². The van der Waals surface area contributed by atoms with Gasteiger partial charge in [0, 0.05) is 13.0 Å². The molecule has 3 nitrogen and oxygen atoms in total. The molecular formula is C13H17NO2. The van der Waals surface area contributed by atoms with Crippen molar-refractivity contribution < 1.29 is 9.53 Å². The summed E-state index contributed by atoms with van der Waals surface area (Å²) >= 11 is 0. The van der Waals surface area contributed by atoms with E-state index >= 15 is 0 Å². The fourth-order valence-corrected chi connectivity index (χ4v) is 2.36. The van der Waals surface area contributed by atoms with Gasteiger partial charge in [-0.1, -0.05) is 12.1 Å². The lowest BCUT2D eigenvalue weighted by molar-refractivity contribution is -0.119. The first-order valence-electron chi connectivity index (χ1n) is 5.62. The predicted molar refractivity (Wildman–Crippen MR) is 62.6 cm³/mol. The topological polar surface area (TPSA) is 38.3 Å². The number of nitrogens with one attached hydrogen (secondary N) is 1. The van der Waals surface area contributed by atoms with Crippen molar-refractivity contribution in [3.05, 3.63) is 29.3 Å². The molecule has 0 bridgehead atoms. The number of hydrogen-bond donors (Lipinski definition) is 1. The Morgan fingerprint density at radius 1 is 1.50 bits per heavy atom. The maximum Gasteiger partial charge on any atom is 0.217 e. The van der Waals surface area contributed by atoms with Crippen molar-refractivity contribution in [3.8, 4) is 5.75 Å². The third-order valence-electron chi connectivity index (χ3n) is 3.07. The van der Waals surface area contributed by atoms with Crippen molar-refractivity contribution in [3.63, 3.8) is 0 Å². The van der Waals surface area contributed by atoms with Gasteiger partial charge >= 0.3 is 0 Å². The summed E-state index contributed by atoms with van der Waals surface area (Å²) in [5, 5.41) is 2.98. The van der Waals surface area contributed by atoms with Crippen LogP contribution in [0.15, 0.2) is 18.2 Å². The van der Waals surface area contributed by atoms with Crippen LogP contribution in [0.1, 0.15) is 24.5 Å². The van der Waals surface area contributed by atoms with Crippen LogP contribution in [-0.2, 0) is 17.6 Å². The van der Waals surface area contributed by atoms with Crippen molar-refractivity contribution in [2.75, 3.05) is 7.11 Å². The summed E-state index contributed by atoms with van der Waals surface area (Å²) in [7, 11) is 1.69. The highest BCUT2D eigenvalue weighted by atomic mass is 16.5. The quantitative estimate of drug-likeness (QED) is 0.822. The fourth-order valence-electron chi connectivity index (χ4n) is 2.36. The van der Waals surface area contributed by atoms with Crippen LogP contribution in [0, 0.1) is 0 Å². The van der Waals surface area contributed by atoms with E-state index in [4.69, 9.17) is 4.74 Å². The van der Waals surface area contributed by atoms with Crippen LogP contribution in [-0.4, -0.2) is 19.1 Å². The standard InChI is InChI=1S/C13H17NO2/c1-9(15)14-11-7-6-10-4-3-5-13(16-2)12(10)8-11/h3-5,11H,6-8H2,1-2H3,(H,14,15)/t11-/m0/s1. The van der Waals surface area contributed by atoms with E-state index in [0.29, 0.717) is 0 Å². The first-order chi connectivity index (χ1) is 7.70. The molecule has 0 unspecified atom stereocenters. The number of methoxy groups -OCH3 is 1. The van der Waals surface area contributed by atoms with Crippen LogP contribution in [0.3, 0.4) is 0 Å². The molecule has 0 aromatic heterocycles. The summed E-state index contributed by atoms with van der Waals surface area (Å²) < 4.78 is 5.35. The molecule has 0 radical (unpaired) electrons. The molecule has 1 N–H and O–H groups in total. The van der Waals surface area contributed by atoms with Crippen molar-refractivity contribution >= 4 is 5.91 Å². The lowest BCUT2D eigenvalue weighted by atomic mass is 9.87. The number of amides is 1. The smallest absolute Gasteiger partial charge is 0.217 e. The van der Waals surface area contributed by atoms with Gasteiger partial charge in [-0.2, -0.15) is 0 Å². The van der Waals surface area contributed by atoms with E-state index in [1.807, 2.05) is 12.1 Å². The zero-order valence-electron chi connectivity index (χ0n) is 9.75. The molecule has 1 atom stereocenters. The van der Waals surface area contributed by atoms with Crippen LogP contribution >= 0.6 is 0 Å². The van der Waals surface area contributed by atoms with Crippen LogP contribution in [0.5, 0.6) is 5.75 Å². The number of hydrogen-bond acceptors (Lipinski definition) is 2. The molecule has 1 aliphatic rings. The largest absolute Gasteiger partial charge is 0.496 e. The van der Waals surface area contributed by atoms with Crippen LogP contribution in [0.25, 0.3) is 0 Å². The lowest BCUT2D eigenvalue weighted by Crippen LogP contribution is -2.37. The van der Waals surface area contributed by atoms with E-state index in [0.717, 1.165) is 25.0 Å². The molecule has 1 aromatic carbocycles. The number of carbonyl (C=O) groups excluding carboxylic acids is 1. The van der Waals surface area contributed by atoms with E-state index in [1.165, 1.54) is 11.1 Å². The second-order valence-corrected chi connectivity index (χ2v) is 4.24. The van der Waals surface area contributed by atoms with E-state index in [9.17, 15) is 4.79 Å². The maximum atomic E-state index is 11.0. The summed E-state index contributed by atoms with van der Waals surface area (Å²) in [6.45, 7) is 1.57. The second-order valence-electron chi connectivity index (χ2n) is 4.24. The van der Waals surface area contributed by atoms with Gasteiger partial charge in [0.1, 0.15) is 5.75 Å². The monoisotopic (exact) mass is 219 g/mol. The molecule has 2 rings (SSSR count). The van der Waals surface area contributed by atoms with Crippen molar-refractivity contribution in [2.24, 2.45) is 0 Å². The molecule has 0 fully saturated rings. The average Bonchev–Trinajstić information content (AvgIpc) is 2.27. The minimum Gasteiger partial charge on any atom is -0.496 e. The predicted octanol–water partition coefficient (Wildman–Crippen LogP) is 1.69. The molecule has 0 heterocycles. The number of ether oxygens (including phenoxy) is 1. The van der Waals surface area contributed by atoms with Gasteiger partial charge in [-0.05, 0) is 36.5 Å². The molecule has 16 heavy (non-hydrogen) atoms. The zero-order chi connectivity index (χ0) is 11.5. The van der Waals surface area contributed by atoms with E-state index in [2.05, 4.69) is 11.4 Å². The van der Waals surface area contributed by atoms with Gasteiger partial charge in [0.2, 0.25) is 5.91 Å². The van der Waals surface area contributed by atoms with Crippen LogP contribution in [0.2, 0.25) is 0 Å². The molecule has 0 saturated heterocycles. The van der Waals surface area contributed by atoms with Crippen molar-refractivity contribution in [1.82, 2.24) is 5.32 Å². The Morgan fingerprint density at radius 2 is 2.31 bits per heavy atom. The first-order valence-corrected chi connectivity index (χ1v) is 5.62. The van der Waals surface area contributed by atoms with Gasteiger partial charge in [0.15, 0.2) is 0 Å². The van der Waals surface area contributed by atoms with Crippen LogP contribution in [0.4, 0.5) is 0 Å². The Hall–Kier alpha value is -1.51. The highest BCUT2D eigenvalue weighted by molar-refractivity contribution is 5.73. The number of aryl methyl sites for hydroxylation is 1. The van der Waals surface area contributed by atoms with Gasteiger partial charge < -0.3 is 10.1 Å². The van der Waals surface area contributed by atoms with Crippen molar-refractivity contribution in [2.45, 2.75) is 32.2 Å². The fraction of sp³-hybridized carbons (Fsp3) is 0.462. The van der Waals surface area contributed by atoms with E-state index < -0.39 is 0 Å². The Kier molecular flexibility index (Phi) is 3.13. The summed E-state index contributed by atoms with van der Waals surface area (Å²) in [6.07, 6.45) is 2.90. The molecule has 0 spiro atoms. The molecule has 0 aliphatic heterocycles. The summed E-state index contributed by atoms with van der Waals surface area (Å²) in [5.74, 6) is 0.982. The molecule has 3 heteroatoms. The Balaban J connectivity index is 2.21. The minimum atomic E-state index is 0.0448. The zero-order valence-corrected chi connectivity index (χ0v) is 9.75. The third kappa shape index (κ3) is 2.18. The SMILES string of the molecule is COc1cccc2c1C[C@@H](NC(C)=O)CC2.